The van der Waals surface area contributed by atoms with Crippen LogP contribution in [0.25, 0.3) is 55.9 Å². The van der Waals surface area contributed by atoms with Crippen LogP contribution in [-0.4, -0.2) is 33.9 Å². The molecule has 0 unspecified atom stereocenters. The van der Waals surface area contributed by atoms with Crippen molar-refractivity contribution in [2.45, 2.75) is 79.3 Å². The van der Waals surface area contributed by atoms with E-state index < -0.39 is 23.7 Å². The van der Waals surface area contributed by atoms with Gasteiger partial charge in [0.05, 0.1) is 10.9 Å². The molecule has 10 rings (SSSR count). The second-order valence-electron chi connectivity index (χ2n) is 20.0. The molecule has 434 valence electrons. The van der Waals surface area contributed by atoms with Crippen molar-refractivity contribution in [3.05, 3.63) is 256 Å². The number of aromatic carboxylic acids is 1. The average Bonchev–Trinajstić information content (AvgIpc) is 1.95. The first-order valence-electron chi connectivity index (χ1n) is 26.1. The fraction of sp³-hybridized carbons (Fsp3) is 0.147. The molecule has 91 heavy (non-hydrogen) atoms. The predicted molar refractivity (Wildman–Crippen MR) is 332 cm³/mol. The minimum atomic E-state index is -4.65. The number of carbonyl (C=O) groups is 1. The molecule has 0 aliphatic heterocycles. The van der Waals surface area contributed by atoms with Gasteiger partial charge in [0.2, 0.25) is 0 Å². The van der Waals surface area contributed by atoms with Crippen molar-refractivity contribution >= 4 is 55.1 Å². The maximum atomic E-state index is 11.0. The van der Waals surface area contributed by atoms with E-state index in [2.05, 4.69) is 77.6 Å². The summed E-state index contributed by atoms with van der Waals surface area (Å²) in [7, 11) is -9.02. The largest absolute Gasteiger partial charge is 1.00 e. The second-order valence-corrected chi connectivity index (χ2v) is 23.3. The average molecular weight is 2120 g/mol. The van der Waals surface area contributed by atoms with Crippen molar-refractivity contribution in [3.8, 4) is 61.6 Å². The summed E-state index contributed by atoms with van der Waals surface area (Å²) in [5.41, 5.74) is 21.2. The van der Waals surface area contributed by atoms with Gasteiger partial charge in [0.25, 0.3) is 0 Å². The van der Waals surface area contributed by atoms with Gasteiger partial charge < -0.3 is 75.0 Å². The molecule has 0 saturated carbocycles. The van der Waals surface area contributed by atoms with Crippen LogP contribution < -0.4 is 508 Å². The summed E-state index contributed by atoms with van der Waals surface area (Å²) in [6, 6.07) is 56.7. The van der Waals surface area contributed by atoms with Gasteiger partial charge in [0, 0.05) is 12.2 Å². The normalized spacial score (nSPS) is 9.86. The van der Waals surface area contributed by atoms with Crippen molar-refractivity contribution in [2.24, 2.45) is 0 Å². The van der Waals surface area contributed by atoms with Crippen LogP contribution in [-0.2, 0) is 40.8 Å². The van der Waals surface area contributed by atoms with Gasteiger partial charge in [-0.1, -0.05) is 209 Å². The van der Waals surface area contributed by atoms with Crippen molar-refractivity contribution in [1.82, 2.24) is 15.0 Å². The number of carboxylic acid groups (broad SMARTS) is 1. The molecule has 0 fully saturated rings. The van der Waals surface area contributed by atoms with Crippen LogP contribution in [0, 0.1) is 75.6 Å². The van der Waals surface area contributed by atoms with Gasteiger partial charge in [0.15, 0.2) is 0 Å². The first kappa shape index (κ1) is 101. The van der Waals surface area contributed by atoms with Crippen molar-refractivity contribution in [1.29, 1.82) is 0 Å². The number of hydrogen-bond acceptors (Lipinski definition) is 14. The van der Waals surface area contributed by atoms with E-state index in [1.807, 2.05) is 128 Å². The van der Waals surface area contributed by atoms with Crippen LogP contribution in [0.2, 0.25) is 0 Å². The van der Waals surface area contributed by atoms with E-state index in [-0.39, 0.29) is 522 Å². The monoisotopic (exact) mass is 2120 g/mol. The summed E-state index contributed by atoms with van der Waals surface area (Å²) in [4.78, 5) is 44.0. The molecule has 0 atom stereocenters. The van der Waals surface area contributed by atoms with Gasteiger partial charge in [-0.25, -0.2) is 8.42 Å². The summed E-state index contributed by atoms with van der Waals surface area (Å²) < 4.78 is 43.4. The second kappa shape index (κ2) is 50.7. The van der Waals surface area contributed by atoms with Gasteiger partial charge in [-0.05, 0) is 172 Å². The summed E-state index contributed by atoms with van der Waals surface area (Å²) in [6.45, 7) is 20.3. The van der Waals surface area contributed by atoms with Gasteiger partial charge in [-0.3, -0.25) is 0 Å². The quantitative estimate of drug-likeness (QED) is 0.0454. The third-order valence-corrected chi connectivity index (χ3v) is 15.2. The molecular formula is C68H62Cs7N3O9PS3-. The van der Waals surface area contributed by atoms with Crippen LogP contribution in [0.4, 0.5) is 0 Å². The molecule has 0 saturated heterocycles. The number of thiol groups is 1. The van der Waals surface area contributed by atoms with Gasteiger partial charge in [0.1, 0.15) is 10.1 Å². The number of benzene rings is 9. The fourth-order valence-corrected chi connectivity index (χ4v) is 9.70. The maximum absolute atomic E-state index is 11.0. The number of rotatable bonds is 8. The Balaban J connectivity index is -0.00000104. The molecule has 0 aliphatic rings. The van der Waals surface area contributed by atoms with Crippen LogP contribution in [0.5, 0.6) is 5.75 Å². The third-order valence-electron chi connectivity index (χ3n) is 13.3. The molecular weight excluding hydrogens is 2060 g/mol. The van der Waals surface area contributed by atoms with E-state index in [4.69, 9.17) is 12.6 Å². The SMILES string of the molecule is Cc1ccc(C)c(-c2ccc(C(=O)[O-])cc2)c1.Cc1ccc(C)c(-c2ccc(P(=O)([O-])[O-])cc2)c1.Cc1ccc(C)c(-c2ccc(S(=O)(=O)[O-])cc2)c1.Cc1ccc(C)c(-c2ccc([O-])cc2)c1.Cc1ccc(C)c(-c2n[c-]nc([S-])n2)c1.[Cs+].[Cs+].[Cs+].[Cs+].[Cs+].[Cs+].[Cs+].[SH-]. The smallest absolute Gasteiger partial charge is 0.872 e. The molecule has 0 N–H and O–H groups in total. The Labute approximate surface area is 963 Å². The van der Waals surface area contributed by atoms with Crippen LogP contribution in [0.15, 0.2) is 198 Å². The zero-order chi connectivity index (χ0) is 60.8. The van der Waals surface area contributed by atoms with E-state index in [9.17, 15) is 42.3 Å². The van der Waals surface area contributed by atoms with E-state index >= 15 is 0 Å². The minimum Gasteiger partial charge on any atom is -0.872 e. The molecule has 23 heteroatoms. The molecule has 0 radical (unpaired) electrons. The number of carbonyl (C=O) groups excluding carboxylic acids is 1. The van der Waals surface area contributed by atoms with Crippen molar-refractivity contribution in [2.75, 3.05) is 0 Å². The summed E-state index contributed by atoms with van der Waals surface area (Å²) in [5.74, 6) is -0.488. The molecule has 12 nitrogen and oxygen atoms in total. The molecule has 0 aliphatic carbocycles. The van der Waals surface area contributed by atoms with E-state index in [0.717, 1.165) is 72.3 Å². The summed E-state index contributed by atoms with van der Waals surface area (Å²) in [5, 5.41) is 21.8. The van der Waals surface area contributed by atoms with Crippen LogP contribution in [0.3, 0.4) is 0 Å². The van der Waals surface area contributed by atoms with Crippen molar-refractivity contribution < 1.29 is 525 Å². The summed E-state index contributed by atoms with van der Waals surface area (Å²) in [6.07, 6.45) is 2.51. The fourth-order valence-electron chi connectivity index (χ4n) is 8.59. The summed E-state index contributed by atoms with van der Waals surface area (Å²) >= 11 is 4.88. The number of aryl methyl sites for hydroxylation is 10. The Morgan fingerprint density at radius 2 is 0.725 bits per heavy atom. The number of carboxylic acids is 1. The Morgan fingerprint density at radius 1 is 0.440 bits per heavy atom. The predicted octanol–water partition coefficient (Wildman–Crippen LogP) is -9.62. The zero-order valence-electron chi connectivity index (χ0n) is 55.1. The topological polar surface area (TPSA) is 222 Å². The Bertz CT molecular complexity index is 4080. The van der Waals surface area contributed by atoms with Crippen LogP contribution in [0.1, 0.15) is 66.0 Å². The van der Waals surface area contributed by atoms with Gasteiger partial charge in [-0.15, -0.1) is 10.9 Å². The Kier molecular flexibility index (Phi) is 56.5. The number of nitrogens with zero attached hydrogens (tertiary/aromatic N) is 3. The van der Waals surface area contributed by atoms with Gasteiger partial charge in [-0.2, -0.15) is 0 Å². The molecule has 9 aromatic carbocycles. The number of hydrogen-bond donors (Lipinski definition) is 0. The molecule has 0 amide bonds. The molecule has 1 heterocycles. The van der Waals surface area contributed by atoms with Gasteiger partial charge >= 0.3 is 482 Å². The molecule has 0 bridgehead atoms. The molecule has 0 spiro atoms. The Hall–Kier alpha value is 6.25. The molecule has 1 aromatic heterocycles. The minimum absolute atomic E-state index is 0. The van der Waals surface area contributed by atoms with Crippen LogP contribution >= 0.6 is 7.60 Å². The maximum Gasteiger partial charge on any atom is 1.00 e. The first-order valence-corrected chi connectivity index (χ1v) is 29.5. The standard InChI is InChI=1S/C15H14O2.C14H15O3P.C14H14O3S.C14H14O.C11H10N3S.7Cs.H2S/c1-10-3-4-11(2)14(9-10)12-5-7-13(8-6-12)15(16)17;2*1-10-3-4-11(2)14(9-10)12-5-7-13(8-6-12)18(15,16)17;1-10-3-4-11(2)14(9-10)12-5-7-13(15)8-6-12;1-7-3-4-8(2)9(5-7)10-12-6-13-11(15)14-10;;;;;;;;/h3-9H,1-2H3,(H,16,17);3-9H,1-2H3,(H2,15,16,17);3-9H,1-2H3,(H,15,16,17);3-9,15H,1-2H3;3-5H,1-2H3,(H,12,13,14,15);;;;;;;;1H2/q;;;;-1;7*+1;/p-7. The van der Waals surface area contributed by atoms with E-state index in [0.29, 0.717) is 5.82 Å². The number of aromatic nitrogens is 3. The zero-order valence-corrected chi connectivity index (χ0v) is 103. The van der Waals surface area contributed by atoms with Crippen molar-refractivity contribution in [3.63, 3.8) is 0 Å². The van der Waals surface area contributed by atoms with E-state index in [1.165, 1.54) is 57.6 Å². The first-order chi connectivity index (χ1) is 39.2. The Morgan fingerprint density at radius 3 is 1.02 bits per heavy atom. The van der Waals surface area contributed by atoms with E-state index in [1.54, 1.807) is 48.5 Å². The molecule has 10 aromatic rings. The third kappa shape index (κ3) is 34.6.